The highest BCUT2D eigenvalue weighted by molar-refractivity contribution is 7.85. The average Bonchev–Trinajstić information content (AvgIpc) is 3.15. The van der Waals surface area contributed by atoms with Gasteiger partial charge in [0.05, 0.1) is 11.2 Å². The molecular formula is C43H30NOP. The summed E-state index contributed by atoms with van der Waals surface area (Å²) in [4.78, 5) is 5.12. The molecule has 0 fully saturated rings. The van der Waals surface area contributed by atoms with E-state index in [2.05, 4.69) is 103 Å². The molecule has 0 aliphatic heterocycles. The van der Waals surface area contributed by atoms with Crippen molar-refractivity contribution in [1.82, 2.24) is 4.98 Å². The monoisotopic (exact) mass is 607 g/mol. The lowest BCUT2D eigenvalue weighted by molar-refractivity contribution is 0.592. The van der Waals surface area contributed by atoms with Gasteiger partial charge < -0.3 is 4.57 Å². The van der Waals surface area contributed by atoms with Gasteiger partial charge in [-0.15, -0.1) is 0 Å². The summed E-state index contributed by atoms with van der Waals surface area (Å²) in [7, 11) is -3.04. The molecule has 8 aromatic rings. The molecule has 218 valence electrons. The minimum Gasteiger partial charge on any atom is -0.309 e. The first-order chi connectivity index (χ1) is 22.7. The maximum absolute atomic E-state index is 14.9. The quantitative estimate of drug-likeness (QED) is 0.139. The van der Waals surface area contributed by atoms with Crippen LogP contribution in [-0.4, -0.2) is 4.98 Å². The smallest absolute Gasteiger partial charge is 0.171 e. The van der Waals surface area contributed by atoms with Crippen LogP contribution in [0.5, 0.6) is 0 Å². The lowest BCUT2D eigenvalue weighted by atomic mass is 9.93. The van der Waals surface area contributed by atoms with E-state index in [1.807, 2.05) is 78.9 Å². The van der Waals surface area contributed by atoms with Crippen LogP contribution in [0.3, 0.4) is 0 Å². The molecule has 2 nitrogen and oxygen atoms in total. The van der Waals surface area contributed by atoms with Crippen LogP contribution in [0.25, 0.3) is 55.2 Å². The molecule has 0 spiro atoms. The Morgan fingerprint density at radius 2 is 0.978 bits per heavy atom. The molecule has 0 radical (unpaired) electrons. The van der Waals surface area contributed by atoms with E-state index in [9.17, 15) is 4.57 Å². The number of hydrogen-bond donors (Lipinski definition) is 0. The highest BCUT2D eigenvalue weighted by Crippen LogP contribution is 2.43. The first kappa shape index (κ1) is 28.0. The van der Waals surface area contributed by atoms with Crippen molar-refractivity contribution < 1.29 is 4.57 Å². The summed E-state index contributed by atoms with van der Waals surface area (Å²) in [6.07, 6.45) is 0. The molecule has 0 bridgehead atoms. The Labute approximate surface area is 269 Å². The molecule has 0 N–H and O–H groups in total. The van der Waals surface area contributed by atoms with Crippen molar-refractivity contribution in [1.29, 1.82) is 0 Å². The molecule has 0 amide bonds. The summed E-state index contributed by atoms with van der Waals surface area (Å²) in [5, 5.41) is 6.03. The van der Waals surface area contributed by atoms with E-state index in [-0.39, 0.29) is 0 Å². The second-order valence-electron chi connectivity index (χ2n) is 11.5. The van der Waals surface area contributed by atoms with Gasteiger partial charge in [0, 0.05) is 26.9 Å². The number of nitrogens with zero attached hydrogens (tertiary/aromatic N) is 1. The van der Waals surface area contributed by atoms with Crippen LogP contribution < -0.4 is 15.9 Å². The fourth-order valence-electron chi connectivity index (χ4n) is 6.44. The zero-order chi connectivity index (χ0) is 30.9. The number of fused-ring (bicyclic) bond motifs is 3. The first-order valence-electron chi connectivity index (χ1n) is 15.5. The van der Waals surface area contributed by atoms with E-state index in [0.717, 1.165) is 60.3 Å². The van der Waals surface area contributed by atoms with E-state index in [1.54, 1.807) is 0 Å². The number of aromatic nitrogens is 1. The van der Waals surface area contributed by atoms with Gasteiger partial charge in [-0.25, -0.2) is 4.98 Å². The predicted octanol–water partition coefficient (Wildman–Crippen LogP) is 10.0. The fraction of sp³-hybridized carbons (Fsp3) is 0. The topological polar surface area (TPSA) is 30.0 Å². The summed E-state index contributed by atoms with van der Waals surface area (Å²) in [6.45, 7) is 0. The van der Waals surface area contributed by atoms with Gasteiger partial charge in [-0.05, 0) is 51.2 Å². The minimum atomic E-state index is -3.04. The average molecular weight is 608 g/mol. The van der Waals surface area contributed by atoms with E-state index >= 15 is 0 Å². The van der Waals surface area contributed by atoms with Gasteiger partial charge in [-0.2, -0.15) is 0 Å². The second kappa shape index (κ2) is 11.7. The predicted molar refractivity (Wildman–Crippen MR) is 195 cm³/mol. The van der Waals surface area contributed by atoms with Gasteiger partial charge >= 0.3 is 0 Å². The Morgan fingerprint density at radius 3 is 1.67 bits per heavy atom. The van der Waals surface area contributed by atoms with Gasteiger partial charge in [0.25, 0.3) is 0 Å². The lowest BCUT2D eigenvalue weighted by Gasteiger charge is -2.20. The number of benzene rings is 7. The van der Waals surface area contributed by atoms with Crippen molar-refractivity contribution in [3.63, 3.8) is 0 Å². The van der Waals surface area contributed by atoms with Crippen LogP contribution in [0.2, 0.25) is 0 Å². The van der Waals surface area contributed by atoms with E-state index in [0.29, 0.717) is 0 Å². The molecule has 3 heteroatoms. The lowest BCUT2D eigenvalue weighted by Crippen LogP contribution is -2.24. The van der Waals surface area contributed by atoms with Crippen molar-refractivity contribution in [3.8, 4) is 33.5 Å². The van der Waals surface area contributed by atoms with Gasteiger partial charge in [0.1, 0.15) is 0 Å². The van der Waals surface area contributed by atoms with Gasteiger partial charge in [-0.1, -0.05) is 164 Å². The highest BCUT2D eigenvalue weighted by atomic mass is 31.2. The van der Waals surface area contributed by atoms with E-state index in [4.69, 9.17) is 4.98 Å². The van der Waals surface area contributed by atoms with Crippen LogP contribution in [0.1, 0.15) is 0 Å². The molecular weight excluding hydrogens is 577 g/mol. The van der Waals surface area contributed by atoms with E-state index < -0.39 is 7.14 Å². The molecule has 0 unspecified atom stereocenters. The summed E-state index contributed by atoms with van der Waals surface area (Å²) in [5.41, 5.74) is 7.47. The summed E-state index contributed by atoms with van der Waals surface area (Å²) < 4.78 is 14.9. The Morgan fingerprint density at radius 1 is 0.413 bits per heavy atom. The summed E-state index contributed by atoms with van der Waals surface area (Å²) in [6, 6.07) is 62.0. The SMILES string of the molecule is O=P(c1ccccc1)(c1ccccc1)c1ccc(-c2cccc(-c3cc(-c4ccccc4)nc4ccc5ccccc5c34)c2)cc1. The Hall–Kier alpha value is -5.56. The zero-order valence-corrected chi connectivity index (χ0v) is 26.0. The van der Waals surface area contributed by atoms with Crippen LogP contribution in [0, 0.1) is 0 Å². The van der Waals surface area contributed by atoms with Crippen LogP contribution >= 0.6 is 7.14 Å². The molecule has 7 aromatic carbocycles. The standard InChI is InChI=1S/C43H30NOP/c45-46(36-18-6-2-7-19-36,37-20-8-3-9-21-37)38-26-23-31(24-27-38)34-16-12-17-35(29-34)40-30-42(33-14-4-1-5-15-33)44-41-28-25-32-13-10-11-22-39(32)43(40)41/h1-30H. The van der Waals surface area contributed by atoms with E-state index in [1.165, 1.54) is 10.8 Å². The summed E-state index contributed by atoms with van der Waals surface area (Å²) >= 11 is 0. The molecule has 0 aliphatic rings. The Bertz CT molecular complexity index is 2320. The number of rotatable bonds is 6. The Kier molecular flexibility index (Phi) is 7.14. The molecule has 0 saturated carbocycles. The van der Waals surface area contributed by atoms with Crippen molar-refractivity contribution in [2.24, 2.45) is 0 Å². The fourth-order valence-corrected chi connectivity index (χ4v) is 9.09. The molecule has 8 rings (SSSR count). The van der Waals surface area contributed by atoms with Crippen LogP contribution in [-0.2, 0) is 4.57 Å². The molecule has 0 atom stereocenters. The molecule has 1 aromatic heterocycles. The highest BCUT2D eigenvalue weighted by Gasteiger charge is 2.29. The summed E-state index contributed by atoms with van der Waals surface area (Å²) in [5.74, 6) is 0. The Balaban J connectivity index is 1.26. The normalized spacial score (nSPS) is 11.6. The second-order valence-corrected chi connectivity index (χ2v) is 14.3. The largest absolute Gasteiger partial charge is 0.309 e. The zero-order valence-electron chi connectivity index (χ0n) is 25.1. The first-order valence-corrected chi connectivity index (χ1v) is 17.2. The third-order valence-corrected chi connectivity index (χ3v) is 11.8. The van der Waals surface area contributed by atoms with Crippen molar-refractivity contribution in [2.75, 3.05) is 0 Å². The minimum absolute atomic E-state index is 0.823. The van der Waals surface area contributed by atoms with Gasteiger partial charge in [-0.3, -0.25) is 0 Å². The number of hydrogen-bond acceptors (Lipinski definition) is 2. The van der Waals surface area contributed by atoms with Crippen LogP contribution in [0.4, 0.5) is 0 Å². The molecule has 46 heavy (non-hydrogen) atoms. The van der Waals surface area contributed by atoms with Crippen molar-refractivity contribution >= 4 is 44.7 Å². The third-order valence-electron chi connectivity index (χ3n) is 8.75. The van der Waals surface area contributed by atoms with Gasteiger partial charge in [0.2, 0.25) is 0 Å². The molecule has 0 aliphatic carbocycles. The maximum atomic E-state index is 14.9. The third kappa shape index (κ3) is 4.94. The van der Waals surface area contributed by atoms with Crippen molar-refractivity contribution in [2.45, 2.75) is 0 Å². The molecule has 1 heterocycles. The van der Waals surface area contributed by atoms with Crippen LogP contribution in [0.15, 0.2) is 182 Å². The van der Waals surface area contributed by atoms with Crippen molar-refractivity contribution in [3.05, 3.63) is 182 Å². The maximum Gasteiger partial charge on any atom is 0.171 e. The van der Waals surface area contributed by atoms with Gasteiger partial charge in [0.15, 0.2) is 7.14 Å². The molecule has 0 saturated heterocycles. The number of pyridine rings is 1.